The highest BCUT2D eigenvalue weighted by molar-refractivity contribution is 9.10. The van der Waals surface area contributed by atoms with Crippen molar-refractivity contribution in [2.24, 2.45) is 0 Å². The number of carbonyl (C=O) groups excluding carboxylic acids is 1. The number of carboxylic acids is 1. The molecule has 1 amide bonds. The van der Waals surface area contributed by atoms with Crippen LogP contribution in [0.5, 0.6) is 0 Å². The highest BCUT2D eigenvalue weighted by atomic mass is 79.9. The Kier molecular flexibility index (Phi) is 3.38. The molecule has 2 aromatic rings. The van der Waals surface area contributed by atoms with Crippen LogP contribution in [0, 0.1) is 0 Å². The van der Waals surface area contributed by atoms with Gasteiger partial charge in [0.25, 0.3) is 5.91 Å². The highest BCUT2D eigenvalue weighted by Gasteiger charge is 2.11. The largest absolute Gasteiger partial charge is 0.478 e. The molecule has 2 rings (SSSR count). The van der Waals surface area contributed by atoms with Crippen molar-refractivity contribution < 1.29 is 14.7 Å². The molecular weight excluding hydrogens is 304 g/mol. The van der Waals surface area contributed by atoms with Crippen molar-refractivity contribution in [1.29, 1.82) is 0 Å². The van der Waals surface area contributed by atoms with Gasteiger partial charge in [0, 0.05) is 10.2 Å². The summed E-state index contributed by atoms with van der Waals surface area (Å²) < 4.78 is 0.551. The number of aromatic nitrogens is 3. The van der Waals surface area contributed by atoms with Gasteiger partial charge in [0.15, 0.2) is 0 Å². The van der Waals surface area contributed by atoms with Gasteiger partial charge in [0.05, 0.1) is 5.56 Å². The Balaban J connectivity index is 2.24. The van der Waals surface area contributed by atoms with Gasteiger partial charge in [-0.25, -0.2) is 9.78 Å². The number of anilines is 1. The lowest BCUT2D eigenvalue weighted by Gasteiger charge is -2.05. The third-order valence-electron chi connectivity index (χ3n) is 2.03. The number of halogens is 1. The van der Waals surface area contributed by atoms with Gasteiger partial charge in [-0.05, 0) is 18.2 Å². The molecule has 0 unspecified atom stereocenters. The molecule has 7 nitrogen and oxygen atoms in total. The van der Waals surface area contributed by atoms with Crippen molar-refractivity contribution in [2.45, 2.75) is 0 Å². The van der Waals surface area contributed by atoms with Crippen LogP contribution in [0.25, 0.3) is 0 Å². The van der Waals surface area contributed by atoms with Crippen LogP contribution in [0.2, 0.25) is 0 Å². The monoisotopic (exact) mass is 310 g/mol. The SMILES string of the molecule is O=C(O)c1cc(Br)cc(NC(=O)c2ncn[nH]2)c1. The summed E-state index contributed by atoms with van der Waals surface area (Å²) >= 11 is 3.17. The maximum absolute atomic E-state index is 11.7. The Morgan fingerprint density at radius 1 is 1.33 bits per heavy atom. The van der Waals surface area contributed by atoms with Gasteiger partial charge in [-0.15, -0.1) is 0 Å². The number of aromatic amines is 1. The van der Waals surface area contributed by atoms with Gasteiger partial charge in [-0.2, -0.15) is 5.10 Å². The molecule has 8 heteroatoms. The van der Waals surface area contributed by atoms with Gasteiger partial charge in [-0.1, -0.05) is 15.9 Å². The maximum Gasteiger partial charge on any atom is 0.335 e. The van der Waals surface area contributed by atoms with E-state index >= 15 is 0 Å². The predicted molar refractivity (Wildman–Crippen MR) is 65.4 cm³/mol. The zero-order valence-electron chi connectivity index (χ0n) is 8.85. The Labute approximate surface area is 109 Å². The van der Waals surface area contributed by atoms with E-state index in [4.69, 9.17) is 5.11 Å². The summed E-state index contributed by atoms with van der Waals surface area (Å²) in [6.07, 6.45) is 1.21. The summed E-state index contributed by atoms with van der Waals surface area (Å²) in [5, 5.41) is 17.4. The van der Waals surface area contributed by atoms with E-state index in [1.165, 1.54) is 18.5 Å². The molecule has 18 heavy (non-hydrogen) atoms. The fraction of sp³-hybridized carbons (Fsp3) is 0. The van der Waals surface area contributed by atoms with Crippen molar-refractivity contribution in [3.05, 3.63) is 40.4 Å². The Morgan fingerprint density at radius 2 is 2.11 bits per heavy atom. The van der Waals surface area contributed by atoms with Crippen molar-refractivity contribution in [3.63, 3.8) is 0 Å². The Hall–Kier alpha value is -2.22. The third kappa shape index (κ3) is 2.72. The van der Waals surface area contributed by atoms with Crippen LogP contribution in [0.15, 0.2) is 29.0 Å². The molecule has 0 spiro atoms. The molecule has 0 fully saturated rings. The fourth-order valence-electron chi connectivity index (χ4n) is 1.29. The summed E-state index contributed by atoms with van der Waals surface area (Å²) in [6.45, 7) is 0. The second kappa shape index (κ2) is 4.96. The molecule has 0 aliphatic heterocycles. The lowest BCUT2D eigenvalue weighted by molar-refractivity contribution is 0.0696. The highest BCUT2D eigenvalue weighted by Crippen LogP contribution is 2.20. The first-order chi connectivity index (χ1) is 8.56. The van der Waals surface area contributed by atoms with Gasteiger partial charge < -0.3 is 10.4 Å². The number of rotatable bonds is 3. The topological polar surface area (TPSA) is 108 Å². The van der Waals surface area contributed by atoms with E-state index in [9.17, 15) is 9.59 Å². The number of benzene rings is 1. The molecule has 1 aromatic carbocycles. The van der Waals surface area contributed by atoms with E-state index in [2.05, 4.69) is 36.4 Å². The number of amides is 1. The van der Waals surface area contributed by atoms with Crippen molar-refractivity contribution in [3.8, 4) is 0 Å². The molecule has 92 valence electrons. The summed E-state index contributed by atoms with van der Waals surface area (Å²) in [7, 11) is 0. The zero-order valence-corrected chi connectivity index (χ0v) is 10.4. The number of aromatic carboxylic acids is 1. The van der Waals surface area contributed by atoms with E-state index in [1.54, 1.807) is 6.07 Å². The molecule has 0 saturated carbocycles. The number of H-pyrrole nitrogens is 1. The van der Waals surface area contributed by atoms with E-state index in [0.717, 1.165) is 0 Å². The molecule has 1 aromatic heterocycles. The molecule has 3 N–H and O–H groups in total. The van der Waals surface area contributed by atoms with Crippen molar-refractivity contribution >= 4 is 33.5 Å². The van der Waals surface area contributed by atoms with Gasteiger partial charge in [-0.3, -0.25) is 9.89 Å². The Bertz CT molecular complexity index is 597. The van der Waals surface area contributed by atoms with Crippen LogP contribution in [0.4, 0.5) is 5.69 Å². The second-order valence-corrected chi connectivity index (χ2v) is 4.24. The van der Waals surface area contributed by atoms with E-state index in [0.29, 0.717) is 10.2 Å². The fourth-order valence-corrected chi connectivity index (χ4v) is 1.78. The average Bonchev–Trinajstić information content (AvgIpc) is 2.81. The first-order valence-corrected chi connectivity index (χ1v) is 5.56. The van der Waals surface area contributed by atoms with Gasteiger partial charge in [0.2, 0.25) is 5.82 Å². The van der Waals surface area contributed by atoms with Gasteiger partial charge in [0.1, 0.15) is 6.33 Å². The third-order valence-corrected chi connectivity index (χ3v) is 2.49. The Morgan fingerprint density at radius 3 is 2.72 bits per heavy atom. The summed E-state index contributed by atoms with van der Waals surface area (Å²) in [6, 6.07) is 4.37. The standard InChI is InChI=1S/C10H7BrN4O3/c11-6-1-5(10(17)18)2-7(3-6)14-9(16)8-12-4-13-15-8/h1-4H,(H,14,16)(H,17,18)(H,12,13,15). The minimum Gasteiger partial charge on any atom is -0.478 e. The number of carbonyl (C=O) groups is 2. The lowest BCUT2D eigenvalue weighted by atomic mass is 10.2. The molecule has 0 bridgehead atoms. The van der Waals surface area contributed by atoms with Crippen LogP contribution in [-0.4, -0.2) is 32.2 Å². The first-order valence-electron chi connectivity index (χ1n) is 4.77. The van der Waals surface area contributed by atoms with E-state index in [1.807, 2.05) is 0 Å². The smallest absolute Gasteiger partial charge is 0.335 e. The first kappa shape index (κ1) is 12.2. The van der Waals surface area contributed by atoms with Crippen molar-refractivity contribution in [2.75, 3.05) is 5.32 Å². The van der Waals surface area contributed by atoms with Crippen LogP contribution >= 0.6 is 15.9 Å². The summed E-state index contributed by atoms with van der Waals surface area (Å²) in [4.78, 5) is 26.2. The molecular formula is C10H7BrN4O3. The quantitative estimate of drug-likeness (QED) is 0.796. The number of hydrogen-bond acceptors (Lipinski definition) is 4. The van der Waals surface area contributed by atoms with E-state index in [-0.39, 0.29) is 11.4 Å². The summed E-state index contributed by atoms with van der Waals surface area (Å²) in [5.41, 5.74) is 0.417. The number of hydrogen-bond donors (Lipinski definition) is 3. The number of carboxylic acid groups (broad SMARTS) is 1. The zero-order chi connectivity index (χ0) is 13.1. The van der Waals surface area contributed by atoms with Crippen LogP contribution in [-0.2, 0) is 0 Å². The van der Waals surface area contributed by atoms with Gasteiger partial charge >= 0.3 is 5.97 Å². The van der Waals surface area contributed by atoms with E-state index < -0.39 is 11.9 Å². The lowest BCUT2D eigenvalue weighted by Crippen LogP contribution is -2.14. The van der Waals surface area contributed by atoms with Crippen molar-refractivity contribution in [1.82, 2.24) is 15.2 Å². The molecule has 1 heterocycles. The maximum atomic E-state index is 11.7. The second-order valence-electron chi connectivity index (χ2n) is 3.32. The summed E-state index contributed by atoms with van der Waals surface area (Å²) in [5.74, 6) is -1.53. The minimum atomic E-state index is -1.08. The molecule has 0 atom stereocenters. The van der Waals surface area contributed by atoms with Crippen LogP contribution < -0.4 is 5.32 Å². The molecule has 0 saturated heterocycles. The van der Waals surface area contributed by atoms with Crippen LogP contribution in [0.1, 0.15) is 21.0 Å². The minimum absolute atomic E-state index is 0.0480. The molecule has 0 aliphatic carbocycles. The van der Waals surface area contributed by atoms with Crippen LogP contribution in [0.3, 0.4) is 0 Å². The molecule has 0 aliphatic rings. The number of nitrogens with one attached hydrogen (secondary N) is 2. The number of nitrogens with zero attached hydrogens (tertiary/aromatic N) is 2. The average molecular weight is 311 g/mol. The molecule has 0 radical (unpaired) electrons. The normalized spacial score (nSPS) is 10.1. The predicted octanol–water partition coefficient (Wildman–Crippen LogP) is 1.52.